The number of benzene rings is 2. The highest BCUT2D eigenvalue weighted by Crippen LogP contribution is 2.32. The molecule has 6 heteroatoms. The lowest BCUT2D eigenvalue weighted by atomic mass is 9.77. The molecule has 0 radical (unpaired) electrons. The van der Waals surface area contributed by atoms with Gasteiger partial charge in [-0.1, -0.05) is 35.9 Å². The second kappa shape index (κ2) is 7.45. The smallest absolute Gasteiger partial charge is 0.137 e. The summed E-state index contributed by atoms with van der Waals surface area (Å²) in [7, 11) is 0. The Balaban J connectivity index is 1.92. The van der Waals surface area contributed by atoms with E-state index in [2.05, 4.69) is 16.2 Å². The predicted molar refractivity (Wildman–Crippen MR) is 93.5 cm³/mol. The fraction of sp³-hybridized carbons (Fsp3) is 0.211. The van der Waals surface area contributed by atoms with Crippen LogP contribution in [0.4, 0.5) is 4.39 Å². The van der Waals surface area contributed by atoms with Gasteiger partial charge in [0.15, 0.2) is 0 Å². The summed E-state index contributed by atoms with van der Waals surface area (Å²) in [6, 6.07) is 16.1. The molecule has 0 bridgehead atoms. The van der Waals surface area contributed by atoms with Crippen molar-refractivity contribution in [3.63, 3.8) is 0 Å². The van der Waals surface area contributed by atoms with Crippen molar-refractivity contribution in [3.8, 4) is 6.07 Å². The first-order valence-electron chi connectivity index (χ1n) is 7.85. The molecule has 0 aliphatic heterocycles. The van der Waals surface area contributed by atoms with E-state index in [1.165, 1.54) is 18.5 Å². The molecule has 3 rings (SSSR count). The molecule has 25 heavy (non-hydrogen) atoms. The van der Waals surface area contributed by atoms with Gasteiger partial charge in [-0.05, 0) is 48.2 Å². The number of hydrogen-bond donors (Lipinski definition) is 0. The highest BCUT2D eigenvalue weighted by molar-refractivity contribution is 6.30. The molecule has 1 unspecified atom stereocenters. The van der Waals surface area contributed by atoms with Crippen LogP contribution in [0.2, 0.25) is 5.02 Å². The molecule has 3 aromatic rings. The third kappa shape index (κ3) is 4.04. The number of aromatic nitrogens is 3. The van der Waals surface area contributed by atoms with Crippen LogP contribution in [0.3, 0.4) is 0 Å². The molecular weight excluding hydrogens is 339 g/mol. The second-order valence-electron chi connectivity index (χ2n) is 5.92. The summed E-state index contributed by atoms with van der Waals surface area (Å²) >= 11 is 6.14. The minimum atomic E-state index is -0.813. The lowest BCUT2D eigenvalue weighted by Gasteiger charge is -2.27. The van der Waals surface area contributed by atoms with Gasteiger partial charge in [0.25, 0.3) is 0 Å². The third-order valence-electron chi connectivity index (χ3n) is 4.24. The first-order valence-corrected chi connectivity index (χ1v) is 8.23. The minimum Gasteiger partial charge on any atom is -0.251 e. The zero-order valence-electron chi connectivity index (χ0n) is 13.4. The molecule has 0 saturated carbocycles. The summed E-state index contributed by atoms with van der Waals surface area (Å²) in [5, 5.41) is 14.7. The summed E-state index contributed by atoms with van der Waals surface area (Å²) < 4.78 is 14.8. The highest BCUT2D eigenvalue weighted by atomic mass is 35.5. The normalized spacial score (nSPS) is 13.2. The van der Waals surface area contributed by atoms with Gasteiger partial charge >= 0.3 is 0 Å². The monoisotopic (exact) mass is 354 g/mol. The highest BCUT2D eigenvalue weighted by Gasteiger charge is 2.33. The van der Waals surface area contributed by atoms with Gasteiger partial charge in [0.1, 0.15) is 23.9 Å². The van der Waals surface area contributed by atoms with Gasteiger partial charge in [0, 0.05) is 5.02 Å². The predicted octanol–water partition coefficient (Wildman–Crippen LogP) is 4.16. The van der Waals surface area contributed by atoms with Crippen LogP contribution >= 0.6 is 11.6 Å². The van der Waals surface area contributed by atoms with E-state index in [4.69, 9.17) is 11.6 Å². The lowest BCUT2D eigenvalue weighted by Crippen LogP contribution is -2.31. The average molecular weight is 355 g/mol. The van der Waals surface area contributed by atoms with Crippen molar-refractivity contribution in [1.29, 1.82) is 5.26 Å². The molecule has 0 fully saturated rings. The fourth-order valence-electron chi connectivity index (χ4n) is 2.86. The van der Waals surface area contributed by atoms with Gasteiger partial charge in [-0.3, -0.25) is 4.68 Å². The van der Waals surface area contributed by atoms with E-state index in [1.807, 2.05) is 18.2 Å². The van der Waals surface area contributed by atoms with Crippen molar-refractivity contribution < 1.29 is 4.39 Å². The molecule has 0 aliphatic carbocycles. The largest absolute Gasteiger partial charge is 0.251 e. The molecule has 0 N–H and O–H groups in total. The van der Waals surface area contributed by atoms with Crippen molar-refractivity contribution in [2.75, 3.05) is 0 Å². The first-order chi connectivity index (χ1) is 12.1. The van der Waals surface area contributed by atoms with Gasteiger partial charge in [-0.25, -0.2) is 9.37 Å². The molecule has 0 aliphatic rings. The van der Waals surface area contributed by atoms with Crippen LogP contribution in [-0.4, -0.2) is 14.8 Å². The van der Waals surface area contributed by atoms with Gasteiger partial charge in [-0.15, -0.1) is 0 Å². The summed E-state index contributed by atoms with van der Waals surface area (Å²) in [6.45, 7) is 0.366. The van der Waals surface area contributed by atoms with E-state index in [0.29, 0.717) is 24.4 Å². The Morgan fingerprint density at radius 2 is 2.00 bits per heavy atom. The Labute approximate surface area is 150 Å². The standard InChI is InChI=1S/C19H16ClFN4/c20-17-3-1-2-16(10-17)19(11-22,12-25-14-23-13-24-25)9-8-15-4-6-18(21)7-5-15/h1-7,10,13-14H,8-9,12H2. The van der Waals surface area contributed by atoms with E-state index >= 15 is 0 Å². The molecule has 0 spiro atoms. The molecule has 2 aromatic carbocycles. The number of nitriles is 1. The Kier molecular flexibility index (Phi) is 5.11. The van der Waals surface area contributed by atoms with Gasteiger partial charge < -0.3 is 0 Å². The fourth-order valence-corrected chi connectivity index (χ4v) is 3.05. The van der Waals surface area contributed by atoms with Gasteiger partial charge in [-0.2, -0.15) is 10.4 Å². The van der Waals surface area contributed by atoms with E-state index in [9.17, 15) is 9.65 Å². The number of rotatable bonds is 6. The quantitative estimate of drug-likeness (QED) is 0.667. The number of nitrogens with zero attached hydrogens (tertiary/aromatic N) is 4. The molecule has 4 nitrogen and oxygen atoms in total. The maximum Gasteiger partial charge on any atom is 0.137 e. The zero-order valence-corrected chi connectivity index (χ0v) is 14.2. The molecule has 0 amide bonds. The van der Waals surface area contributed by atoms with Crippen molar-refractivity contribution >= 4 is 11.6 Å². The average Bonchev–Trinajstić information content (AvgIpc) is 3.13. The molecule has 1 aromatic heterocycles. The maximum absolute atomic E-state index is 13.1. The molecule has 1 atom stereocenters. The van der Waals surface area contributed by atoms with Crippen LogP contribution in [0.5, 0.6) is 0 Å². The Bertz CT molecular complexity index is 871. The SMILES string of the molecule is N#CC(CCc1ccc(F)cc1)(Cn1cncn1)c1cccc(Cl)c1. The lowest BCUT2D eigenvalue weighted by molar-refractivity contribution is 0.402. The zero-order chi connectivity index (χ0) is 17.7. The maximum atomic E-state index is 13.1. The molecule has 126 valence electrons. The van der Waals surface area contributed by atoms with Crippen molar-refractivity contribution in [1.82, 2.24) is 14.8 Å². The van der Waals surface area contributed by atoms with Crippen molar-refractivity contribution in [2.24, 2.45) is 0 Å². The Morgan fingerprint density at radius 3 is 2.64 bits per heavy atom. The van der Waals surface area contributed by atoms with Crippen LogP contribution in [-0.2, 0) is 18.4 Å². The Morgan fingerprint density at radius 1 is 1.20 bits per heavy atom. The molecule has 1 heterocycles. The summed E-state index contributed by atoms with van der Waals surface area (Å²) in [4.78, 5) is 3.95. The van der Waals surface area contributed by atoms with E-state index < -0.39 is 5.41 Å². The van der Waals surface area contributed by atoms with E-state index in [0.717, 1.165) is 11.1 Å². The summed E-state index contributed by atoms with van der Waals surface area (Å²) in [5.74, 6) is -0.271. The van der Waals surface area contributed by atoms with Gasteiger partial charge in [0.2, 0.25) is 0 Å². The van der Waals surface area contributed by atoms with E-state index in [1.54, 1.807) is 29.2 Å². The van der Waals surface area contributed by atoms with Crippen molar-refractivity contribution in [2.45, 2.75) is 24.8 Å². The van der Waals surface area contributed by atoms with Crippen LogP contribution < -0.4 is 0 Å². The van der Waals surface area contributed by atoms with Crippen LogP contribution in [0.1, 0.15) is 17.5 Å². The minimum absolute atomic E-state index is 0.271. The van der Waals surface area contributed by atoms with Gasteiger partial charge in [0.05, 0.1) is 12.6 Å². The number of hydrogen-bond acceptors (Lipinski definition) is 3. The first kappa shape index (κ1) is 17.1. The van der Waals surface area contributed by atoms with Crippen LogP contribution in [0.15, 0.2) is 61.2 Å². The Hall–Kier alpha value is -2.71. The molecular formula is C19H16ClFN4. The number of aryl methyl sites for hydroxylation is 1. The van der Waals surface area contributed by atoms with Crippen molar-refractivity contribution in [3.05, 3.63) is 83.2 Å². The summed E-state index contributed by atoms with van der Waals surface area (Å²) in [5.41, 5.74) is 0.995. The number of halogens is 2. The topological polar surface area (TPSA) is 54.5 Å². The summed E-state index contributed by atoms with van der Waals surface area (Å²) in [6.07, 6.45) is 4.22. The van der Waals surface area contributed by atoms with E-state index in [-0.39, 0.29) is 5.82 Å². The second-order valence-corrected chi connectivity index (χ2v) is 6.36. The molecule has 0 saturated heterocycles. The third-order valence-corrected chi connectivity index (χ3v) is 4.48. The van der Waals surface area contributed by atoms with Crippen LogP contribution in [0.25, 0.3) is 0 Å². The van der Waals surface area contributed by atoms with Crippen LogP contribution in [0, 0.1) is 17.1 Å².